The Morgan fingerprint density at radius 1 is 1.10 bits per heavy atom. The van der Waals surface area contributed by atoms with E-state index in [1.54, 1.807) is 0 Å². The van der Waals surface area contributed by atoms with E-state index in [0.717, 1.165) is 69.8 Å². The van der Waals surface area contributed by atoms with E-state index < -0.39 is 0 Å². The molecule has 7 heteroatoms. The standard InChI is InChI=1S/C22H38N4O3/c1-5-23-22(25-17-18(4)26-12-14-27-15-13-26)24-11-10-19-8-9-20(28-6-2)21(16-19)29-7-3/h8-9,16,18H,5-7,10-15,17H2,1-4H3,(H2,23,24,25). The first-order valence-electron chi connectivity index (χ1n) is 10.9. The van der Waals surface area contributed by atoms with Crippen LogP contribution >= 0.6 is 0 Å². The summed E-state index contributed by atoms with van der Waals surface area (Å²) >= 11 is 0. The third kappa shape index (κ3) is 8.11. The summed E-state index contributed by atoms with van der Waals surface area (Å²) in [7, 11) is 0. The summed E-state index contributed by atoms with van der Waals surface area (Å²) in [6.07, 6.45) is 0.885. The van der Waals surface area contributed by atoms with E-state index in [-0.39, 0.29) is 0 Å². The van der Waals surface area contributed by atoms with Crippen LogP contribution in [0.3, 0.4) is 0 Å². The van der Waals surface area contributed by atoms with Gasteiger partial charge in [0.15, 0.2) is 17.5 Å². The maximum atomic E-state index is 5.72. The van der Waals surface area contributed by atoms with E-state index >= 15 is 0 Å². The molecule has 0 saturated carbocycles. The van der Waals surface area contributed by atoms with Crippen LogP contribution < -0.4 is 20.1 Å². The first kappa shape index (κ1) is 23.3. The van der Waals surface area contributed by atoms with Gasteiger partial charge in [-0.15, -0.1) is 0 Å². The highest BCUT2D eigenvalue weighted by molar-refractivity contribution is 5.79. The number of ether oxygens (including phenoxy) is 3. The number of nitrogens with zero attached hydrogens (tertiary/aromatic N) is 2. The summed E-state index contributed by atoms with van der Waals surface area (Å²) in [5.74, 6) is 2.48. The molecule has 1 aliphatic heterocycles. The zero-order valence-electron chi connectivity index (χ0n) is 18.5. The summed E-state index contributed by atoms with van der Waals surface area (Å²) in [5.41, 5.74) is 1.21. The third-order valence-electron chi connectivity index (χ3n) is 4.84. The molecule has 29 heavy (non-hydrogen) atoms. The molecule has 2 N–H and O–H groups in total. The summed E-state index contributed by atoms with van der Waals surface area (Å²) in [6.45, 7) is 15.6. The number of rotatable bonds is 11. The van der Waals surface area contributed by atoms with Gasteiger partial charge in [-0.2, -0.15) is 0 Å². The zero-order valence-corrected chi connectivity index (χ0v) is 18.5. The predicted octanol–water partition coefficient (Wildman–Crippen LogP) is 2.30. The number of benzene rings is 1. The number of hydrogen-bond acceptors (Lipinski definition) is 5. The summed E-state index contributed by atoms with van der Waals surface area (Å²) < 4.78 is 16.8. The van der Waals surface area contributed by atoms with E-state index in [2.05, 4.69) is 41.5 Å². The fourth-order valence-corrected chi connectivity index (χ4v) is 3.28. The summed E-state index contributed by atoms with van der Waals surface area (Å²) in [4.78, 5) is 7.21. The molecule has 1 aliphatic rings. The van der Waals surface area contributed by atoms with E-state index in [0.29, 0.717) is 19.3 Å². The molecule has 0 amide bonds. The van der Waals surface area contributed by atoms with Crippen molar-refractivity contribution in [1.82, 2.24) is 15.5 Å². The van der Waals surface area contributed by atoms with Crippen molar-refractivity contribution in [2.24, 2.45) is 4.99 Å². The first-order valence-corrected chi connectivity index (χ1v) is 10.9. The van der Waals surface area contributed by atoms with Crippen LogP contribution in [0.1, 0.15) is 33.3 Å². The molecular formula is C22H38N4O3. The average Bonchev–Trinajstić information content (AvgIpc) is 2.74. The van der Waals surface area contributed by atoms with Gasteiger partial charge in [0.05, 0.1) is 33.0 Å². The summed E-state index contributed by atoms with van der Waals surface area (Å²) in [6, 6.07) is 6.57. The van der Waals surface area contributed by atoms with E-state index in [9.17, 15) is 0 Å². The molecule has 1 saturated heterocycles. The van der Waals surface area contributed by atoms with Gasteiger partial charge in [-0.25, -0.2) is 0 Å². The minimum absolute atomic E-state index is 0.411. The molecule has 0 bridgehead atoms. The predicted molar refractivity (Wildman–Crippen MR) is 118 cm³/mol. The van der Waals surface area contributed by atoms with Crippen molar-refractivity contribution < 1.29 is 14.2 Å². The van der Waals surface area contributed by atoms with Crippen molar-refractivity contribution in [1.29, 1.82) is 0 Å². The number of morpholine rings is 1. The Balaban J connectivity index is 1.87. The van der Waals surface area contributed by atoms with Gasteiger partial charge in [-0.3, -0.25) is 9.89 Å². The third-order valence-corrected chi connectivity index (χ3v) is 4.84. The number of aliphatic imine (C=N–C) groups is 1. The van der Waals surface area contributed by atoms with Gasteiger partial charge in [0, 0.05) is 32.2 Å². The van der Waals surface area contributed by atoms with Crippen molar-refractivity contribution in [3.05, 3.63) is 23.8 Å². The molecule has 1 aromatic carbocycles. The molecule has 0 aliphatic carbocycles. The van der Waals surface area contributed by atoms with Crippen LogP contribution in [0.5, 0.6) is 11.5 Å². The van der Waals surface area contributed by atoms with Crippen molar-refractivity contribution >= 4 is 5.96 Å². The zero-order chi connectivity index (χ0) is 20.9. The van der Waals surface area contributed by atoms with Crippen LogP contribution in [0.25, 0.3) is 0 Å². The molecule has 0 aromatic heterocycles. The maximum absolute atomic E-state index is 5.72. The lowest BCUT2D eigenvalue weighted by atomic mass is 10.1. The molecule has 0 spiro atoms. The molecule has 164 valence electrons. The van der Waals surface area contributed by atoms with Crippen molar-refractivity contribution in [2.45, 2.75) is 40.2 Å². The molecular weight excluding hydrogens is 368 g/mol. The van der Waals surface area contributed by atoms with Gasteiger partial charge in [0.25, 0.3) is 0 Å². The maximum Gasteiger partial charge on any atom is 0.191 e. The second-order valence-electron chi connectivity index (χ2n) is 7.04. The molecule has 1 heterocycles. The Kier molecular flexibility index (Phi) is 10.7. The van der Waals surface area contributed by atoms with E-state index in [1.807, 2.05) is 19.9 Å². The second-order valence-corrected chi connectivity index (χ2v) is 7.04. The van der Waals surface area contributed by atoms with Gasteiger partial charge in [0.2, 0.25) is 0 Å². The highest BCUT2D eigenvalue weighted by Gasteiger charge is 2.16. The summed E-state index contributed by atoms with van der Waals surface area (Å²) in [5, 5.41) is 6.78. The lowest BCUT2D eigenvalue weighted by Crippen LogP contribution is -2.44. The highest BCUT2D eigenvalue weighted by atomic mass is 16.5. The average molecular weight is 407 g/mol. The Morgan fingerprint density at radius 2 is 1.83 bits per heavy atom. The SMILES string of the molecule is CCNC(=NCC(C)N1CCOCC1)NCCc1ccc(OCC)c(OCC)c1. The quantitative estimate of drug-likeness (QED) is 0.434. The van der Waals surface area contributed by atoms with Crippen LogP contribution in [0.2, 0.25) is 0 Å². The van der Waals surface area contributed by atoms with Crippen LogP contribution in [0, 0.1) is 0 Å². The monoisotopic (exact) mass is 406 g/mol. The van der Waals surface area contributed by atoms with Gasteiger partial charge >= 0.3 is 0 Å². The Labute approximate surface area is 175 Å². The minimum atomic E-state index is 0.411. The second kappa shape index (κ2) is 13.3. The molecule has 1 aromatic rings. The van der Waals surface area contributed by atoms with Crippen molar-refractivity contribution in [3.63, 3.8) is 0 Å². The molecule has 1 atom stereocenters. The fraction of sp³-hybridized carbons (Fsp3) is 0.682. The molecule has 0 radical (unpaired) electrons. The van der Waals surface area contributed by atoms with Crippen LogP contribution in [0.15, 0.2) is 23.2 Å². The van der Waals surface area contributed by atoms with Crippen molar-refractivity contribution in [2.75, 3.05) is 59.2 Å². The lowest BCUT2D eigenvalue weighted by molar-refractivity contribution is 0.0220. The van der Waals surface area contributed by atoms with Gasteiger partial charge in [-0.05, 0) is 51.8 Å². The van der Waals surface area contributed by atoms with Crippen LogP contribution in [0.4, 0.5) is 0 Å². The molecule has 1 unspecified atom stereocenters. The number of guanidine groups is 1. The number of nitrogens with one attached hydrogen (secondary N) is 2. The molecule has 1 fully saturated rings. The van der Waals surface area contributed by atoms with E-state index in [4.69, 9.17) is 19.2 Å². The van der Waals surface area contributed by atoms with Crippen LogP contribution in [-0.2, 0) is 11.2 Å². The molecule has 7 nitrogen and oxygen atoms in total. The fourth-order valence-electron chi connectivity index (χ4n) is 3.28. The van der Waals surface area contributed by atoms with Gasteiger partial charge in [0.1, 0.15) is 0 Å². The topological polar surface area (TPSA) is 67.4 Å². The highest BCUT2D eigenvalue weighted by Crippen LogP contribution is 2.28. The van der Waals surface area contributed by atoms with Crippen LogP contribution in [-0.4, -0.2) is 76.1 Å². The Bertz CT molecular complexity index is 618. The number of hydrogen-bond donors (Lipinski definition) is 2. The first-order chi connectivity index (χ1) is 14.2. The van der Waals surface area contributed by atoms with Gasteiger partial charge < -0.3 is 24.8 Å². The Hall–Kier alpha value is -1.99. The normalized spacial score (nSPS) is 16.3. The lowest BCUT2D eigenvalue weighted by Gasteiger charge is -2.31. The van der Waals surface area contributed by atoms with Crippen molar-refractivity contribution in [3.8, 4) is 11.5 Å². The molecule has 2 rings (SSSR count). The largest absolute Gasteiger partial charge is 0.490 e. The van der Waals surface area contributed by atoms with E-state index in [1.165, 1.54) is 5.56 Å². The van der Waals surface area contributed by atoms with Gasteiger partial charge in [-0.1, -0.05) is 6.07 Å². The minimum Gasteiger partial charge on any atom is -0.490 e. The smallest absolute Gasteiger partial charge is 0.191 e. The Morgan fingerprint density at radius 3 is 2.52 bits per heavy atom.